The van der Waals surface area contributed by atoms with Crippen LogP contribution in [0.5, 0.6) is 0 Å². The molecule has 4 nitrogen and oxygen atoms in total. The molecule has 16 heavy (non-hydrogen) atoms. The highest BCUT2D eigenvalue weighted by atomic mass is 35.5. The van der Waals surface area contributed by atoms with Gasteiger partial charge in [0.15, 0.2) is 0 Å². The molecule has 0 aliphatic carbocycles. The first kappa shape index (κ1) is 12.9. The van der Waals surface area contributed by atoms with Crippen molar-refractivity contribution in [1.29, 1.82) is 0 Å². The standard InChI is InChI=1S/C11H15ClN2O2/c1-2-16-7-3-6-13-11(15)9-4-5-10(12)14-8-9/h4-5,8H,2-3,6-7H2,1H3,(H,13,15). The fraction of sp³-hybridized carbons (Fsp3) is 0.455. The number of hydrogen-bond donors (Lipinski definition) is 1. The van der Waals surface area contributed by atoms with Crippen LogP contribution in [0.3, 0.4) is 0 Å². The molecule has 1 aromatic heterocycles. The largest absolute Gasteiger partial charge is 0.382 e. The summed E-state index contributed by atoms with van der Waals surface area (Å²) in [4.78, 5) is 15.4. The maximum Gasteiger partial charge on any atom is 0.252 e. The van der Waals surface area contributed by atoms with Crippen molar-refractivity contribution in [2.75, 3.05) is 19.8 Å². The maximum absolute atomic E-state index is 11.6. The van der Waals surface area contributed by atoms with E-state index in [0.717, 1.165) is 6.42 Å². The Morgan fingerprint density at radius 1 is 1.56 bits per heavy atom. The number of amides is 1. The third-order valence-electron chi connectivity index (χ3n) is 1.94. The van der Waals surface area contributed by atoms with Crippen LogP contribution >= 0.6 is 11.6 Å². The van der Waals surface area contributed by atoms with E-state index in [-0.39, 0.29) is 5.91 Å². The van der Waals surface area contributed by atoms with E-state index < -0.39 is 0 Å². The van der Waals surface area contributed by atoms with Crippen LogP contribution < -0.4 is 5.32 Å². The third kappa shape index (κ3) is 4.59. The smallest absolute Gasteiger partial charge is 0.252 e. The normalized spacial score (nSPS) is 10.1. The molecule has 1 N–H and O–H groups in total. The first-order chi connectivity index (χ1) is 7.74. The van der Waals surface area contributed by atoms with Gasteiger partial charge in [0.05, 0.1) is 5.56 Å². The van der Waals surface area contributed by atoms with E-state index in [4.69, 9.17) is 16.3 Å². The maximum atomic E-state index is 11.6. The molecule has 1 aromatic rings. The molecule has 0 aliphatic heterocycles. The Balaban J connectivity index is 2.27. The molecule has 0 atom stereocenters. The number of carbonyl (C=O) groups excluding carboxylic acids is 1. The quantitative estimate of drug-likeness (QED) is 0.612. The zero-order valence-corrected chi connectivity index (χ0v) is 9.96. The van der Waals surface area contributed by atoms with Crippen molar-refractivity contribution >= 4 is 17.5 Å². The average molecular weight is 243 g/mol. The second-order valence-electron chi connectivity index (χ2n) is 3.18. The second-order valence-corrected chi connectivity index (χ2v) is 3.56. The van der Waals surface area contributed by atoms with Crippen LogP contribution in [0.25, 0.3) is 0 Å². The molecule has 0 radical (unpaired) electrons. The lowest BCUT2D eigenvalue weighted by molar-refractivity contribution is 0.0944. The number of carbonyl (C=O) groups is 1. The van der Waals surface area contributed by atoms with E-state index in [1.54, 1.807) is 12.1 Å². The van der Waals surface area contributed by atoms with Gasteiger partial charge in [0.25, 0.3) is 5.91 Å². The molecule has 0 fully saturated rings. The minimum Gasteiger partial charge on any atom is -0.382 e. The number of pyridine rings is 1. The van der Waals surface area contributed by atoms with Crippen LogP contribution in [-0.2, 0) is 4.74 Å². The van der Waals surface area contributed by atoms with Crippen LogP contribution in [0.15, 0.2) is 18.3 Å². The van der Waals surface area contributed by atoms with E-state index in [1.807, 2.05) is 6.92 Å². The molecular formula is C11H15ClN2O2. The minimum atomic E-state index is -0.138. The highest BCUT2D eigenvalue weighted by Gasteiger charge is 2.04. The van der Waals surface area contributed by atoms with Crippen molar-refractivity contribution in [2.24, 2.45) is 0 Å². The van der Waals surface area contributed by atoms with Crippen LogP contribution in [-0.4, -0.2) is 30.6 Å². The van der Waals surface area contributed by atoms with Gasteiger partial charge in [0, 0.05) is 26.0 Å². The van der Waals surface area contributed by atoms with Crippen molar-refractivity contribution in [1.82, 2.24) is 10.3 Å². The van der Waals surface area contributed by atoms with Crippen LogP contribution in [0.1, 0.15) is 23.7 Å². The zero-order valence-electron chi connectivity index (χ0n) is 9.20. The number of halogens is 1. The van der Waals surface area contributed by atoms with E-state index in [9.17, 15) is 4.79 Å². The molecular weight excluding hydrogens is 228 g/mol. The van der Waals surface area contributed by atoms with Crippen molar-refractivity contribution in [3.05, 3.63) is 29.0 Å². The van der Waals surface area contributed by atoms with Crippen LogP contribution in [0.2, 0.25) is 5.15 Å². The molecule has 0 aliphatic rings. The fourth-order valence-electron chi connectivity index (χ4n) is 1.13. The number of nitrogens with zero attached hydrogens (tertiary/aromatic N) is 1. The Morgan fingerprint density at radius 3 is 3.00 bits per heavy atom. The molecule has 88 valence electrons. The second kappa shape index (κ2) is 7.19. The molecule has 0 aromatic carbocycles. The summed E-state index contributed by atoms with van der Waals surface area (Å²) in [6, 6.07) is 3.24. The van der Waals surface area contributed by atoms with Gasteiger partial charge in [-0.1, -0.05) is 11.6 Å². The van der Waals surface area contributed by atoms with Crippen molar-refractivity contribution < 1.29 is 9.53 Å². The Labute approximate surface area is 100.0 Å². The number of ether oxygens (including phenoxy) is 1. The summed E-state index contributed by atoms with van der Waals surface area (Å²) in [5.74, 6) is -0.138. The van der Waals surface area contributed by atoms with Crippen LogP contribution in [0.4, 0.5) is 0 Å². The van der Waals surface area contributed by atoms with Gasteiger partial charge < -0.3 is 10.1 Å². The highest BCUT2D eigenvalue weighted by Crippen LogP contribution is 2.04. The van der Waals surface area contributed by atoms with Gasteiger partial charge in [0.2, 0.25) is 0 Å². The van der Waals surface area contributed by atoms with Gasteiger partial charge in [-0.25, -0.2) is 4.98 Å². The molecule has 1 amide bonds. The van der Waals surface area contributed by atoms with Crippen molar-refractivity contribution in [2.45, 2.75) is 13.3 Å². The van der Waals surface area contributed by atoms with Crippen LogP contribution in [0, 0.1) is 0 Å². The zero-order chi connectivity index (χ0) is 11.8. The molecule has 0 unspecified atom stereocenters. The Bertz CT molecular complexity index is 327. The molecule has 0 spiro atoms. The van der Waals surface area contributed by atoms with Gasteiger partial charge in [0.1, 0.15) is 5.15 Å². The monoisotopic (exact) mass is 242 g/mol. The summed E-state index contributed by atoms with van der Waals surface area (Å²) in [7, 11) is 0. The molecule has 5 heteroatoms. The van der Waals surface area contributed by atoms with Gasteiger partial charge in [-0.15, -0.1) is 0 Å². The fourth-order valence-corrected chi connectivity index (χ4v) is 1.24. The lowest BCUT2D eigenvalue weighted by Crippen LogP contribution is -2.25. The average Bonchev–Trinajstić information content (AvgIpc) is 2.29. The van der Waals surface area contributed by atoms with Crippen molar-refractivity contribution in [3.8, 4) is 0 Å². The SMILES string of the molecule is CCOCCCNC(=O)c1ccc(Cl)nc1. The van der Waals surface area contributed by atoms with E-state index in [0.29, 0.717) is 30.5 Å². The third-order valence-corrected chi connectivity index (χ3v) is 2.17. The lowest BCUT2D eigenvalue weighted by Gasteiger charge is -2.04. The van der Waals surface area contributed by atoms with Gasteiger partial charge in [-0.2, -0.15) is 0 Å². The topological polar surface area (TPSA) is 51.2 Å². The summed E-state index contributed by atoms with van der Waals surface area (Å²) in [6.07, 6.45) is 2.26. The lowest BCUT2D eigenvalue weighted by atomic mass is 10.2. The number of nitrogens with one attached hydrogen (secondary N) is 1. The number of aromatic nitrogens is 1. The summed E-state index contributed by atoms with van der Waals surface area (Å²) < 4.78 is 5.16. The summed E-state index contributed by atoms with van der Waals surface area (Å²) in [5.41, 5.74) is 0.515. The minimum absolute atomic E-state index is 0.138. The van der Waals surface area contributed by atoms with E-state index >= 15 is 0 Å². The Hall–Kier alpha value is -1.13. The van der Waals surface area contributed by atoms with Gasteiger partial charge in [-0.3, -0.25) is 4.79 Å². The Morgan fingerprint density at radius 2 is 2.38 bits per heavy atom. The summed E-state index contributed by atoms with van der Waals surface area (Å²) in [5, 5.41) is 3.16. The summed E-state index contributed by atoms with van der Waals surface area (Å²) >= 11 is 5.62. The van der Waals surface area contributed by atoms with Crippen molar-refractivity contribution in [3.63, 3.8) is 0 Å². The van der Waals surface area contributed by atoms with Gasteiger partial charge in [-0.05, 0) is 25.5 Å². The first-order valence-electron chi connectivity index (χ1n) is 5.21. The Kier molecular flexibility index (Phi) is 5.82. The molecule has 1 rings (SSSR count). The summed E-state index contributed by atoms with van der Waals surface area (Å²) in [6.45, 7) is 3.91. The predicted octanol–water partition coefficient (Wildman–Crippen LogP) is 1.89. The molecule has 0 saturated carbocycles. The van der Waals surface area contributed by atoms with Gasteiger partial charge >= 0.3 is 0 Å². The van der Waals surface area contributed by atoms with E-state index in [2.05, 4.69) is 10.3 Å². The molecule has 0 bridgehead atoms. The number of hydrogen-bond acceptors (Lipinski definition) is 3. The predicted molar refractivity (Wildman–Crippen MR) is 62.7 cm³/mol. The number of rotatable bonds is 6. The highest BCUT2D eigenvalue weighted by molar-refractivity contribution is 6.29. The first-order valence-corrected chi connectivity index (χ1v) is 5.59. The molecule has 1 heterocycles. The molecule has 0 saturated heterocycles. The van der Waals surface area contributed by atoms with E-state index in [1.165, 1.54) is 6.20 Å².